The van der Waals surface area contributed by atoms with Crippen LogP contribution in [0.3, 0.4) is 0 Å². The number of aliphatic carboxylic acids is 1. The molecule has 0 bridgehead atoms. The first-order valence-electron chi connectivity index (χ1n) is 45.7. The number of carboxylic acids is 1. The number of carbonyl (C=O) groups excluding carboxylic acids is 9. The minimum atomic E-state index is -1.12. The molecular weight excluding hydrogens is 1690 g/mol. The van der Waals surface area contributed by atoms with Crippen molar-refractivity contribution in [2.45, 2.75) is 249 Å². The summed E-state index contributed by atoms with van der Waals surface area (Å²) in [7, 11) is 7.88. The number of thiophene rings is 1. The average Bonchev–Trinajstić information content (AvgIpc) is 1.66. The number of aryl methyl sites for hydroxylation is 1. The number of ether oxygens (including phenoxy) is 7. The molecule has 8 atom stereocenters. The van der Waals surface area contributed by atoms with Gasteiger partial charge in [0, 0.05) is 171 Å². The number of carbonyl (C=O) groups is 10. The summed E-state index contributed by atoms with van der Waals surface area (Å²) in [6.45, 7) is 45.1. The van der Waals surface area contributed by atoms with E-state index in [1.165, 1.54) is 27.8 Å². The fourth-order valence-corrected chi connectivity index (χ4v) is 17.9. The van der Waals surface area contributed by atoms with Crippen LogP contribution in [-0.4, -0.2) is 283 Å². The molecule has 0 aliphatic carbocycles. The molecular formula is C100H148N12O18S. The number of nitrogens with zero attached hydrogens (tertiary/aromatic N) is 9. The van der Waals surface area contributed by atoms with E-state index in [0.29, 0.717) is 123 Å². The molecule has 4 aromatic carbocycles. The number of benzene rings is 4. The summed E-state index contributed by atoms with van der Waals surface area (Å²) >= 11 is 1.78. The first-order chi connectivity index (χ1) is 61.7. The van der Waals surface area contributed by atoms with E-state index < -0.39 is 29.7 Å². The number of hydrogen-bond donors (Lipinski definition) is 4. The second-order valence-electron chi connectivity index (χ2n) is 40.6. The number of likely N-dealkylation sites (tertiary alicyclic amines) is 2. The second-order valence-corrected chi connectivity index (χ2v) is 42.0. The summed E-state index contributed by atoms with van der Waals surface area (Å²) < 4.78 is 36.7. The minimum Gasteiger partial charge on any atom is -0.497 e. The summed E-state index contributed by atoms with van der Waals surface area (Å²) in [4.78, 5) is 148. The van der Waals surface area contributed by atoms with Crippen LogP contribution in [0.15, 0.2) is 122 Å². The Morgan fingerprint density at radius 1 is 0.466 bits per heavy atom. The SMILES string of the molecule is C=CCOC(=O)N1C[C@@H](N(Cc2cccc(OC)c2)C(=O)CC(C)(C)C)C[C@H]1C(=O)O.COC(=O)[C@@H]1C[C@H](N(Cc2cccc(OC)c2)C(=O)CC(C)(C)C)CN1.COc1cccc(CN(C(=O)CC(C)(C)C)[C@@H]2CN[C@H](C(=O)N3CCN(C(=O)OC(C)(C)C)CC3)C2)c1.COc1cccc(CN(C(=O)CC(C)(C)C)[C@H]2C[C@@H](C(=O)N3CCNCC3)N(Cc3ccc(C)s3)C2)c1. The van der Waals surface area contributed by atoms with Gasteiger partial charge in [0.1, 0.15) is 47.3 Å². The Hall–Kier alpha value is -10.3. The van der Waals surface area contributed by atoms with Gasteiger partial charge in [0.05, 0.1) is 53.7 Å². The van der Waals surface area contributed by atoms with Gasteiger partial charge in [-0.25, -0.2) is 14.4 Å². The quantitative estimate of drug-likeness (QED) is 0.0205. The summed E-state index contributed by atoms with van der Waals surface area (Å²) in [6.07, 6.45) is 3.92. The van der Waals surface area contributed by atoms with Crippen LogP contribution >= 0.6 is 11.3 Å². The van der Waals surface area contributed by atoms with Crippen molar-refractivity contribution in [2.75, 3.05) is 121 Å². The van der Waals surface area contributed by atoms with Crippen molar-refractivity contribution in [3.8, 4) is 23.0 Å². The standard InChI is InChI=1S/C29H42N4O3S.C28H44N4O5.C23H32N2O6.C20H30N2O4/c1-21-9-10-25(37-21)20-32-19-23(16-26(32)28(35)31-13-11-30-12-14-31)33(27(34)17-29(2,3)4)18-22-7-6-8-24(15-22)36-5;1-27(2,3)17-24(33)32(19-20-9-8-10-22(15-20)36-7)21-16-23(29-18-21)25(34)30-11-13-31(14-12-30)26(35)37-28(4,5)6;1-6-10-31-22(29)25-15-17(12-19(25)21(27)28)24(20(26)13-23(2,3)4)14-16-8-7-9-18(11-16)30-5;1-20(2,3)11-18(23)22(13-14-7-6-8-16(9-14)25-4)15-10-17(21-12-15)19(24)26-5/h6-10,15,23,26,30H,11-14,16-20H2,1-5H3;8-10,15,21,23,29H,11-14,16-19H2,1-7H3;6-9,11,17,19H,1,10,12-15H2,2-5H3,(H,27,28);6-9,15,17,21H,10-13H2,1-5H3/t23-,26-;21-,23-;17-,19-;15-,17-/m0000/s1. The molecule has 6 aliphatic heterocycles. The zero-order chi connectivity index (χ0) is 96.5. The molecule has 6 aliphatic rings. The lowest BCUT2D eigenvalue weighted by Gasteiger charge is -2.36. The molecule has 4 N–H and O–H groups in total. The lowest BCUT2D eigenvalue weighted by Crippen LogP contribution is -2.54. The summed E-state index contributed by atoms with van der Waals surface area (Å²) in [5, 5.41) is 19.5. The fourth-order valence-electron chi connectivity index (χ4n) is 16.9. The third-order valence-electron chi connectivity index (χ3n) is 23.3. The summed E-state index contributed by atoms with van der Waals surface area (Å²) in [6, 6.07) is 32.5. The number of nitrogens with one attached hydrogen (secondary N) is 3. The first kappa shape index (κ1) is 106. The molecule has 6 saturated heterocycles. The second kappa shape index (κ2) is 48.4. The predicted octanol–water partition coefficient (Wildman–Crippen LogP) is 12.8. The number of amides is 8. The van der Waals surface area contributed by atoms with Gasteiger partial charge < -0.3 is 88.5 Å². The fraction of sp³-hybridized carbons (Fsp3) is 0.600. The zero-order valence-corrected chi connectivity index (χ0v) is 82.3. The molecule has 7 heterocycles. The number of hydrogen-bond acceptors (Lipinski definition) is 22. The Labute approximate surface area is 781 Å². The van der Waals surface area contributed by atoms with Crippen LogP contribution in [0, 0.1) is 28.6 Å². The van der Waals surface area contributed by atoms with E-state index in [1.54, 1.807) is 49.6 Å². The molecule has 0 unspecified atom stereocenters. The largest absolute Gasteiger partial charge is 0.497 e. The minimum absolute atomic E-state index is 0.0111. The molecule has 131 heavy (non-hydrogen) atoms. The van der Waals surface area contributed by atoms with E-state index in [2.05, 4.69) is 109 Å². The molecule has 31 heteroatoms. The highest BCUT2D eigenvalue weighted by atomic mass is 32.1. The zero-order valence-electron chi connectivity index (χ0n) is 81.5. The van der Waals surface area contributed by atoms with Gasteiger partial charge in [-0.15, -0.1) is 11.3 Å². The highest BCUT2D eigenvalue weighted by molar-refractivity contribution is 7.11. The number of carboxylic acid groups (broad SMARTS) is 1. The van der Waals surface area contributed by atoms with Crippen LogP contribution in [0.5, 0.6) is 23.0 Å². The predicted molar refractivity (Wildman–Crippen MR) is 506 cm³/mol. The highest BCUT2D eigenvalue weighted by Crippen LogP contribution is 2.36. The van der Waals surface area contributed by atoms with Gasteiger partial charge in [-0.05, 0) is 152 Å². The first-order valence-corrected chi connectivity index (χ1v) is 46.6. The maximum atomic E-state index is 13.8. The van der Waals surface area contributed by atoms with Crippen molar-refractivity contribution in [3.63, 3.8) is 0 Å². The van der Waals surface area contributed by atoms with Gasteiger partial charge in [-0.2, -0.15) is 0 Å². The van der Waals surface area contributed by atoms with Crippen molar-refractivity contribution >= 4 is 70.9 Å². The van der Waals surface area contributed by atoms with E-state index >= 15 is 0 Å². The smallest absolute Gasteiger partial charge is 0.410 e. The Morgan fingerprint density at radius 3 is 1.22 bits per heavy atom. The summed E-state index contributed by atoms with van der Waals surface area (Å²) in [5.41, 5.74) is 2.76. The van der Waals surface area contributed by atoms with Crippen LogP contribution in [-0.2, 0) is 85.3 Å². The number of piperazine rings is 2. The van der Waals surface area contributed by atoms with Crippen LogP contribution in [0.1, 0.15) is 187 Å². The number of rotatable bonds is 28. The van der Waals surface area contributed by atoms with Gasteiger partial charge in [0.2, 0.25) is 35.4 Å². The molecule has 8 amide bonds. The Balaban J connectivity index is 0.000000217. The van der Waals surface area contributed by atoms with E-state index in [0.717, 1.165) is 72.2 Å². The Morgan fingerprint density at radius 2 is 0.847 bits per heavy atom. The lowest BCUT2D eigenvalue weighted by molar-refractivity contribution is -0.143. The normalized spacial score (nSPS) is 19.9. The van der Waals surface area contributed by atoms with Gasteiger partial charge in [-0.1, -0.05) is 144 Å². The van der Waals surface area contributed by atoms with E-state index in [1.807, 2.05) is 163 Å². The monoisotopic (exact) mass is 1840 g/mol. The van der Waals surface area contributed by atoms with Crippen molar-refractivity contribution in [1.82, 2.24) is 60.0 Å². The average molecular weight is 1840 g/mol. The van der Waals surface area contributed by atoms with Crippen molar-refractivity contribution in [2.24, 2.45) is 21.7 Å². The van der Waals surface area contributed by atoms with E-state index in [9.17, 15) is 53.1 Å². The third kappa shape index (κ3) is 33.7. The number of esters is 1. The van der Waals surface area contributed by atoms with Gasteiger partial charge in [0.15, 0.2) is 0 Å². The molecule has 5 aromatic rings. The number of methoxy groups -OCH3 is 5. The molecule has 30 nitrogen and oxygen atoms in total. The van der Waals surface area contributed by atoms with Gasteiger partial charge in [-0.3, -0.25) is 43.4 Å². The Kier molecular flexibility index (Phi) is 39.1. The Bertz CT molecular complexity index is 4630. The lowest BCUT2D eigenvalue weighted by atomic mass is 9.91. The molecule has 0 spiro atoms. The van der Waals surface area contributed by atoms with Crippen LogP contribution in [0.4, 0.5) is 9.59 Å². The molecule has 0 radical (unpaired) electrons. The maximum absolute atomic E-state index is 13.8. The molecule has 6 fully saturated rings. The summed E-state index contributed by atoms with van der Waals surface area (Å²) in [5.74, 6) is 2.02. The topological polar surface area (TPSA) is 321 Å². The van der Waals surface area contributed by atoms with E-state index in [4.69, 9.17) is 33.2 Å². The maximum Gasteiger partial charge on any atom is 0.410 e. The van der Waals surface area contributed by atoms with Crippen LogP contribution < -0.4 is 34.9 Å². The highest BCUT2D eigenvalue weighted by Gasteiger charge is 2.47. The van der Waals surface area contributed by atoms with Gasteiger partial charge >= 0.3 is 24.1 Å². The molecule has 11 rings (SSSR count). The third-order valence-corrected chi connectivity index (χ3v) is 24.3. The van der Waals surface area contributed by atoms with Crippen LogP contribution in [0.25, 0.3) is 0 Å². The molecule has 0 saturated carbocycles. The van der Waals surface area contributed by atoms with Crippen molar-refractivity contribution in [3.05, 3.63) is 154 Å². The molecule has 1 aromatic heterocycles. The van der Waals surface area contributed by atoms with Gasteiger partial charge in [0.25, 0.3) is 0 Å². The van der Waals surface area contributed by atoms with E-state index in [-0.39, 0.29) is 125 Å². The van der Waals surface area contributed by atoms with Crippen molar-refractivity contribution < 1.29 is 86.2 Å². The van der Waals surface area contributed by atoms with Crippen LogP contribution in [0.2, 0.25) is 0 Å². The van der Waals surface area contributed by atoms with Crippen molar-refractivity contribution in [1.29, 1.82) is 0 Å². The molecule has 722 valence electrons.